The standard InChI is InChI=1S/C7H11N2O2S/c10-7(11)6-4-3-12-2-1-5(4)8-9-6/h1-2,4-6,8-9,12H,3H2,(H,10,11). The van der Waals surface area contributed by atoms with Gasteiger partial charge in [0.2, 0.25) is 0 Å². The first-order valence-corrected chi connectivity index (χ1v) is 5.01. The molecule has 3 N–H and O–H groups in total. The number of hydrogen-bond acceptors (Lipinski definition) is 3. The number of hydrogen-bond donors (Lipinski definition) is 4. The lowest BCUT2D eigenvalue weighted by atomic mass is 9.96. The first-order valence-electron chi connectivity index (χ1n) is 3.86. The predicted octanol–water partition coefficient (Wildman–Crippen LogP) is -0.475. The lowest BCUT2D eigenvalue weighted by molar-refractivity contribution is -0.140. The highest BCUT2D eigenvalue weighted by Crippen LogP contribution is 2.26. The summed E-state index contributed by atoms with van der Waals surface area (Å²) < 4.78 is 0. The minimum Gasteiger partial charge on any atom is -0.480 e. The molecule has 0 aromatic rings. The van der Waals surface area contributed by atoms with Crippen LogP contribution in [0.1, 0.15) is 0 Å². The third-order valence-corrected chi connectivity index (χ3v) is 3.29. The van der Waals surface area contributed by atoms with Crippen LogP contribution in [0.3, 0.4) is 0 Å². The van der Waals surface area contributed by atoms with Crippen molar-refractivity contribution in [1.29, 1.82) is 0 Å². The molecule has 1 fully saturated rings. The van der Waals surface area contributed by atoms with Crippen LogP contribution in [-0.4, -0.2) is 28.9 Å². The van der Waals surface area contributed by atoms with Crippen molar-refractivity contribution >= 4 is 17.7 Å². The third kappa shape index (κ3) is 1.24. The Morgan fingerprint density at radius 1 is 1.58 bits per heavy atom. The SMILES string of the molecule is O=C(O)C1NNC2C=C[SH]CC21. The Hall–Kier alpha value is -0.520. The van der Waals surface area contributed by atoms with Gasteiger partial charge >= 0.3 is 5.97 Å². The van der Waals surface area contributed by atoms with Crippen molar-refractivity contribution in [2.75, 3.05) is 5.75 Å². The zero-order valence-electron chi connectivity index (χ0n) is 6.40. The van der Waals surface area contributed by atoms with E-state index in [4.69, 9.17) is 5.11 Å². The first kappa shape index (κ1) is 8.10. The number of fused-ring (bicyclic) bond motifs is 1. The van der Waals surface area contributed by atoms with Crippen molar-refractivity contribution in [2.45, 2.75) is 12.1 Å². The molecule has 0 spiro atoms. The average molecular weight is 187 g/mol. The quantitative estimate of drug-likeness (QED) is 0.419. The van der Waals surface area contributed by atoms with Gasteiger partial charge < -0.3 is 5.11 Å². The molecule has 5 heteroatoms. The number of nitrogens with one attached hydrogen (secondary N) is 2. The number of thiol groups is 1. The third-order valence-electron chi connectivity index (χ3n) is 2.28. The summed E-state index contributed by atoms with van der Waals surface area (Å²) in [5.74, 6) is 0.368. The van der Waals surface area contributed by atoms with Gasteiger partial charge in [0.05, 0.1) is 0 Å². The van der Waals surface area contributed by atoms with Crippen LogP contribution in [0.2, 0.25) is 0 Å². The molecule has 0 aromatic carbocycles. The van der Waals surface area contributed by atoms with Crippen LogP contribution in [0.25, 0.3) is 0 Å². The number of rotatable bonds is 1. The van der Waals surface area contributed by atoms with Gasteiger partial charge in [-0.1, -0.05) is 6.08 Å². The Bertz CT molecular complexity index is 231. The van der Waals surface area contributed by atoms with Gasteiger partial charge in [-0.15, -0.1) is 0 Å². The molecule has 0 bridgehead atoms. The molecular weight excluding hydrogens is 176 g/mol. The Labute approximate surface area is 74.4 Å². The van der Waals surface area contributed by atoms with E-state index in [2.05, 4.69) is 16.3 Å². The number of aliphatic carboxylic acids is 1. The number of carboxylic acids is 1. The van der Waals surface area contributed by atoms with Crippen LogP contribution in [0.15, 0.2) is 11.5 Å². The summed E-state index contributed by atoms with van der Waals surface area (Å²) in [6, 6.07) is -0.222. The average Bonchev–Trinajstić information content (AvgIpc) is 2.47. The highest BCUT2D eigenvalue weighted by Gasteiger charge is 2.39. The maximum Gasteiger partial charge on any atom is 0.322 e. The predicted molar refractivity (Wildman–Crippen MR) is 48.0 cm³/mol. The second kappa shape index (κ2) is 3.08. The Morgan fingerprint density at radius 2 is 2.42 bits per heavy atom. The highest BCUT2D eigenvalue weighted by atomic mass is 32.2. The number of carbonyl (C=O) groups is 1. The molecule has 4 nitrogen and oxygen atoms in total. The van der Waals surface area contributed by atoms with E-state index in [-0.39, 0.29) is 12.0 Å². The lowest BCUT2D eigenvalue weighted by Crippen LogP contribution is -2.39. The molecule has 2 aliphatic rings. The van der Waals surface area contributed by atoms with Crippen molar-refractivity contribution < 1.29 is 9.90 Å². The fourth-order valence-electron chi connectivity index (χ4n) is 1.60. The second-order valence-corrected chi connectivity index (χ2v) is 4.03. The fraction of sp³-hybridized carbons (Fsp3) is 0.571. The number of hydrazine groups is 1. The summed E-state index contributed by atoms with van der Waals surface area (Å²) in [7, 11) is 0. The summed E-state index contributed by atoms with van der Waals surface area (Å²) in [5, 5.41) is 10.9. The van der Waals surface area contributed by atoms with Gasteiger partial charge in [0.25, 0.3) is 0 Å². The Morgan fingerprint density at radius 3 is 3.17 bits per heavy atom. The second-order valence-electron chi connectivity index (χ2n) is 3.00. The van der Waals surface area contributed by atoms with E-state index in [0.29, 0.717) is 0 Å². The van der Waals surface area contributed by atoms with Crippen LogP contribution in [0.4, 0.5) is 0 Å². The van der Waals surface area contributed by atoms with E-state index >= 15 is 0 Å². The van der Waals surface area contributed by atoms with Crippen molar-refractivity contribution in [3.8, 4) is 0 Å². The zero-order chi connectivity index (χ0) is 8.55. The van der Waals surface area contributed by atoms with Gasteiger partial charge in [-0.05, 0) is 11.2 Å². The van der Waals surface area contributed by atoms with Crippen LogP contribution in [0, 0.1) is 5.92 Å². The Kier molecular flexibility index (Phi) is 2.08. The fourth-order valence-corrected chi connectivity index (χ4v) is 2.71. The summed E-state index contributed by atoms with van der Waals surface area (Å²) in [4.78, 5) is 10.7. The molecule has 0 aliphatic carbocycles. The zero-order valence-corrected chi connectivity index (χ0v) is 7.29. The van der Waals surface area contributed by atoms with E-state index in [1.807, 2.05) is 6.08 Å². The molecule has 0 aromatic heterocycles. The minimum absolute atomic E-state index is 0.201. The Balaban J connectivity index is 2.13. The van der Waals surface area contributed by atoms with Gasteiger partial charge in [0.15, 0.2) is 0 Å². The normalized spacial score (nSPS) is 39.5. The molecule has 3 atom stereocenters. The van der Waals surface area contributed by atoms with Crippen LogP contribution < -0.4 is 10.9 Å². The topological polar surface area (TPSA) is 61.4 Å². The van der Waals surface area contributed by atoms with Crippen molar-refractivity contribution in [3.63, 3.8) is 0 Å². The summed E-state index contributed by atoms with van der Waals surface area (Å²) in [6.45, 7) is 0. The summed E-state index contributed by atoms with van der Waals surface area (Å²) >= 11 is 1.22. The van der Waals surface area contributed by atoms with Crippen molar-refractivity contribution in [1.82, 2.24) is 10.9 Å². The van der Waals surface area contributed by atoms with Gasteiger partial charge in [0.1, 0.15) is 6.04 Å². The van der Waals surface area contributed by atoms with Crippen LogP contribution >= 0.6 is 11.8 Å². The van der Waals surface area contributed by atoms with E-state index in [1.54, 1.807) is 0 Å². The maximum atomic E-state index is 10.7. The largest absolute Gasteiger partial charge is 0.480 e. The van der Waals surface area contributed by atoms with E-state index in [0.717, 1.165) is 5.75 Å². The van der Waals surface area contributed by atoms with Crippen LogP contribution in [-0.2, 0) is 4.79 Å². The van der Waals surface area contributed by atoms with Gasteiger partial charge in [-0.25, -0.2) is 22.6 Å². The van der Waals surface area contributed by atoms with Crippen LogP contribution in [0.5, 0.6) is 0 Å². The monoisotopic (exact) mass is 187 g/mol. The van der Waals surface area contributed by atoms with E-state index in [1.165, 1.54) is 11.8 Å². The minimum atomic E-state index is -0.763. The molecule has 0 saturated carbocycles. The molecular formula is C7H11N2O2S. The molecule has 2 heterocycles. The van der Waals surface area contributed by atoms with E-state index < -0.39 is 12.0 Å². The van der Waals surface area contributed by atoms with Crippen molar-refractivity contribution in [3.05, 3.63) is 11.5 Å². The smallest absolute Gasteiger partial charge is 0.322 e. The maximum absolute atomic E-state index is 10.7. The molecule has 1 saturated heterocycles. The van der Waals surface area contributed by atoms with Gasteiger partial charge in [-0.2, -0.15) is 0 Å². The molecule has 12 heavy (non-hydrogen) atoms. The molecule has 0 amide bonds. The van der Waals surface area contributed by atoms with Crippen molar-refractivity contribution in [2.24, 2.45) is 5.92 Å². The van der Waals surface area contributed by atoms with Gasteiger partial charge in [-0.3, -0.25) is 4.79 Å². The highest BCUT2D eigenvalue weighted by molar-refractivity contribution is 8.02. The first-order chi connectivity index (χ1) is 5.79. The molecule has 67 valence electrons. The summed E-state index contributed by atoms with van der Waals surface area (Å²) in [5.41, 5.74) is 5.76. The van der Waals surface area contributed by atoms with E-state index in [9.17, 15) is 4.79 Å². The summed E-state index contributed by atoms with van der Waals surface area (Å²) in [6.07, 6.45) is 2.03. The number of carboxylic acid groups (broad SMARTS) is 1. The molecule has 2 aliphatic heterocycles. The molecule has 1 radical (unpaired) electrons. The van der Waals surface area contributed by atoms with Gasteiger partial charge in [0, 0.05) is 12.0 Å². The lowest BCUT2D eigenvalue weighted by Gasteiger charge is -2.20. The molecule has 3 unspecified atom stereocenters. The molecule has 2 rings (SSSR count).